The van der Waals surface area contributed by atoms with Crippen LogP contribution in [0.3, 0.4) is 0 Å². The highest BCUT2D eigenvalue weighted by Crippen LogP contribution is 2.25. The second kappa shape index (κ2) is 4.68. The molecule has 94 valence electrons. The molecule has 0 radical (unpaired) electrons. The number of nitriles is 1. The number of benzene rings is 1. The predicted octanol–water partition coefficient (Wildman–Crippen LogP) is 3.36. The maximum Gasteiger partial charge on any atom is 0.201 e. The minimum absolute atomic E-state index is 0.467. The second-order valence-corrected chi connectivity index (χ2v) is 6.01. The average Bonchev–Trinajstić information content (AvgIpc) is 2.94. The number of nitrogens with zero attached hydrogens (tertiary/aromatic N) is 3. The molecule has 0 saturated carbocycles. The topological polar surface area (TPSA) is 67.6 Å². The molecule has 2 N–H and O–H groups in total. The molecule has 3 aromatic rings. The van der Waals surface area contributed by atoms with Crippen LogP contribution in [0.4, 0.5) is 5.95 Å². The zero-order valence-electron chi connectivity index (χ0n) is 9.80. The van der Waals surface area contributed by atoms with Crippen LogP contribution in [-0.2, 0) is 6.54 Å². The van der Waals surface area contributed by atoms with Crippen molar-refractivity contribution in [1.82, 2.24) is 9.55 Å². The Hall–Kier alpha value is -1.84. The van der Waals surface area contributed by atoms with Crippen molar-refractivity contribution in [3.63, 3.8) is 0 Å². The monoisotopic (exact) mass is 332 g/mol. The maximum absolute atomic E-state index is 8.97. The van der Waals surface area contributed by atoms with Gasteiger partial charge < -0.3 is 10.3 Å². The van der Waals surface area contributed by atoms with Gasteiger partial charge in [0.05, 0.1) is 29.2 Å². The number of imidazole rings is 1. The van der Waals surface area contributed by atoms with E-state index in [4.69, 9.17) is 11.0 Å². The molecule has 0 aliphatic carbocycles. The Morgan fingerprint density at radius 3 is 2.95 bits per heavy atom. The molecule has 0 unspecified atom stereocenters. The van der Waals surface area contributed by atoms with Gasteiger partial charge in [-0.3, -0.25) is 0 Å². The first-order valence-electron chi connectivity index (χ1n) is 5.56. The van der Waals surface area contributed by atoms with Crippen LogP contribution in [0.15, 0.2) is 34.1 Å². The minimum Gasteiger partial charge on any atom is -0.369 e. The number of hydrogen-bond acceptors (Lipinski definition) is 4. The van der Waals surface area contributed by atoms with E-state index in [2.05, 4.69) is 33.0 Å². The lowest BCUT2D eigenvalue weighted by Crippen LogP contribution is -2.03. The predicted molar refractivity (Wildman–Crippen MR) is 80.0 cm³/mol. The first-order valence-corrected chi connectivity index (χ1v) is 7.23. The highest BCUT2D eigenvalue weighted by atomic mass is 79.9. The summed E-state index contributed by atoms with van der Waals surface area (Å²) in [5.74, 6) is 0.467. The van der Waals surface area contributed by atoms with Gasteiger partial charge in [0, 0.05) is 14.7 Å². The molecule has 1 aromatic carbocycles. The molecule has 6 heteroatoms. The van der Waals surface area contributed by atoms with E-state index in [1.165, 1.54) is 4.88 Å². The van der Waals surface area contributed by atoms with Gasteiger partial charge in [-0.05, 0) is 40.2 Å². The van der Waals surface area contributed by atoms with Crippen LogP contribution >= 0.6 is 27.3 Å². The fourth-order valence-corrected chi connectivity index (χ4v) is 3.41. The Bertz CT molecular complexity index is 797. The van der Waals surface area contributed by atoms with Gasteiger partial charge in [-0.1, -0.05) is 0 Å². The smallest absolute Gasteiger partial charge is 0.201 e. The Balaban J connectivity index is 2.11. The highest BCUT2D eigenvalue weighted by Gasteiger charge is 2.10. The summed E-state index contributed by atoms with van der Waals surface area (Å²) in [7, 11) is 0. The SMILES string of the molecule is N#Cc1ccc2nc(N)n(Cc3cc(Br)cs3)c2c1. The Labute approximate surface area is 122 Å². The third-order valence-corrected chi connectivity index (χ3v) is 4.52. The molecule has 2 aromatic heterocycles. The first-order chi connectivity index (χ1) is 9.17. The van der Waals surface area contributed by atoms with Gasteiger partial charge in [0.15, 0.2) is 0 Å². The lowest BCUT2D eigenvalue weighted by molar-refractivity contribution is 0.852. The van der Waals surface area contributed by atoms with Gasteiger partial charge in [-0.15, -0.1) is 11.3 Å². The van der Waals surface area contributed by atoms with Crippen molar-refractivity contribution in [3.8, 4) is 6.07 Å². The second-order valence-electron chi connectivity index (χ2n) is 4.10. The third-order valence-electron chi connectivity index (χ3n) is 2.84. The standard InChI is InChI=1S/C13H9BrN4S/c14-9-4-10(19-7-9)6-18-12-3-8(5-15)1-2-11(12)17-13(18)16/h1-4,7H,6H2,(H2,16,17). The number of aromatic nitrogens is 2. The number of thiophene rings is 1. The van der Waals surface area contributed by atoms with Crippen molar-refractivity contribution in [2.75, 3.05) is 5.73 Å². The summed E-state index contributed by atoms with van der Waals surface area (Å²) in [6.07, 6.45) is 0. The molecule has 0 amide bonds. The normalized spacial score (nSPS) is 10.7. The fraction of sp³-hybridized carbons (Fsp3) is 0.0769. The van der Waals surface area contributed by atoms with E-state index in [1.54, 1.807) is 17.4 Å². The van der Waals surface area contributed by atoms with Gasteiger partial charge >= 0.3 is 0 Å². The molecule has 0 bridgehead atoms. The molecule has 0 aliphatic heterocycles. The molecule has 19 heavy (non-hydrogen) atoms. The van der Waals surface area contributed by atoms with Crippen molar-refractivity contribution in [1.29, 1.82) is 5.26 Å². The van der Waals surface area contributed by atoms with Crippen molar-refractivity contribution in [3.05, 3.63) is 44.6 Å². The number of nitrogen functional groups attached to an aromatic ring is 1. The summed E-state index contributed by atoms with van der Waals surface area (Å²) in [4.78, 5) is 5.50. The lowest BCUT2D eigenvalue weighted by Gasteiger charge is -2.04. The van der Waals surface area contributed by atoms with E-state index in [1.807, 2.05) is 22.1 Å². The lowest BCUT2D eigenvalue weighted by atomic mass is 10.2. The highest BCUT2D eigenvalue weighted by molar-refractivity contribution is 9.10. The molecule has 2 heterocycles. The molecule has 0 aliphatic rings. The Kier molecular flexibility index (Phi) is 3.01. The number of hydrogen-bond donors (Lipinski definition) is 1. The zero-order valence-corrected chi connectivity index (χ0v) is 12.2. The minimum atomic E-state index is 0.467. The Morgan fingerprint density at radius 2 is 2.26 bits per heavy atom. The molecule has 3 rings (SSSR count). The maximum atomic E-state index is 8.97. The summed E-state index contributed by atoms with van der Waals surface area (Å²) in [5.41, 5.74) is 8.28. The zero-order chi connectivity index (χ0) is 13.4. The Morgan fingerprint density at radius 1 is 1.42 bits per heavy atom. The first kappa shape index (κ1) is 12.2. The van der Waals surface area contributed by atoms with Crippen molar-refractivity contribution < 1.29 is 0 Å². The largest absolute Gasteiger partial charge is 0.369 e. The van der Waals surface area contributed by atoms with E-state index in [0.717, 1.165) is 15.5 Å². The van der Waals surface area contributed by atoms with Crippen molar-refractivity contribution in [2.24, 2.45) is 0 Å². The van der Waals surface area contributed by atoms with E-state index in [9.17, 15) is 0 Å². The van der Waals surface area contributed by atoms with Gasteiger partial charge in [0.1, 0.15) is 0 Å². The summed E-state index contributed by atoms with van der Waals surface area (Å²) in [6, 6.07) is 9.59. The number of halogens is 1. The van der Waals surface area contributed by atoms with Gasteiger partial charge in [0.2, 0.25) is 5.95 Å². The van der Waals surface area contributed by atoms with E-state index in [0.29, 0.717) is 18.1 Å². The van der Waals surface area contributed by atoms with Crippen LogP contribution < -0.4 is 5.73 Å². The summed E-state index contributed by atoms with van der Waals surface area (Å²) < 4.78 is 2.99. The van der Waals surface area contributed by atoms with Crippen LogP contribution in [0.5, 0.6) is 0 Å². The van der Waals surface area contributed by atoms with Crippen LogP contribution in [0.25, 0.3) is 11.0 Å². The summed E-state index contributed by atoms with van der Waals surface area (Å²) >= 11 is 5.10. The number of fused-ring (bicyclic) bond motifs is 1. The average molecular weight is 333 g/mol. The molecular formula is C13H9BrN4S. The molecule has 0 spiro atoms. The quantitative estimate of drug-likeness (QED) is 0.782. The molecule has 0 saturated heterocycles. The van der Waals surface area contributed by atoms with E-state index >= 15 is 0 Å². The molecular weight excluding hydrogens is 324 g/mol. The third kappa shape index (κ3) is 2.23. The van der Waals surface area contributed by atoms with Crippen molar-refractivity contribution in [2.45, 2.75) is 6.54 Å². The van der Waals surface area contributed by atoms with Gasteiger partial charge in [0.25, 0.3) is 0 Å². The van der Waals surface area contributed by atoms with Crippen LogP contribution in [0, 0.1) is 11.3 Å². The van der Waals surface area contributed by atoms with Gasteiger partial charge in [-0.25, -0.2) is 4.98 Å². The van der Waals surface area contributed by atoms with Gasteiger partial charge in [-0.2, -0.15) is 5.26 Å². The van der Waals surface area contributed by atoms with E-state index in [-0.39, 0.29) is 0 Å². The van der Waals surface area contributed by atoms with Crippen molar-refractivity contribution >= 4 is 44.2 Å². The molecule has 0 atom stereocenters. The van der Waals surface area contributed by atoms with E-state index < -0.39 is 0 Å². The van der Waals surface area contributed by atoms with Crippen LogP contribution in [0.2, 0.25) is 0 Å². The number of anilines is 1. The fourth-order valence-electron chi connectivity index (χ4n) is 1.97. The van der Waals surface area contributed by atoms with Crippen LogP contribution in [-0.4, -0.2) is 9.55 Å². The molecule has 0 fully saturated rings. The number of rotatable bonds is 2. The number of nitrogens with two attached hydrogens (primary N) is 1. The summed E-state index contributed by atoms with van der Waals surface area (Å²) in [6.45, 7) is 0.660. The molecule has 4 nitrogen and oxygen atoms in total. The summed E-state index contributed by atoms with van der Waals surface area (Å²) in [5, 5.41) is 11.0. The van der Waals surface area contributed by atoms with Crippen LogP contribution in [0.1, 0.15) is 10.4 Å².